The van der Waals surface area contributed by atoms with Crippen LogP contribution in [-0.4, -0.2) is 31.7 Å². The maximum absolute atomic E-state index is 10.9. The zero-order valence-corrected chi connectivity index (χ0v) is 10.2. The molecule has 17 heavy (non-hydrogen) atoms. The van der Waals surface area contributed by atoms with Gasteiger partial charge in [0.2, 0.25) is 5.16 Å². The van der Waals surface area contributed by atoms with Crippen LogP contribution < -0.4 is 0 Å². The van der Waals surface area contributed by atoms with E-state index in [4.69, 9.17) is 0 Å². The minimum absolute atomic E-state index is 0.177. The van der Waals surface area contributed by atoms with Gasteiger partial charge in [0.15, 0.2) is 0 Å². The number of hydrogen-bond acceptors (Lipinski definition) is 5. The van der Waals surface area contributed by atoms with Crippen molar-refractivity contribution >= 4 is 17.5 Å². The highest BCUT2D eigenvalue weighted by Crippen LogP contribution is 2.18. The third-order valence-corrected chi connectivity index (χ3v) is 3.05. The molecule has 88 valence electrons. The first-order valence-corrected chi connectivity index (χ1v) is 6.22. The van der Waals surface area contributed by atoms with Crippen molar-refractivity contribution in [1.82, 2.24) is 20.2 Å². The van der Waals surface area contributed by atoms with Crippen LogP contribution in [0.15, 0.2) is 35.5 Å². The second kappa shape index (κ2) is 5.58. The lowest BCUT2D eigenvalue weighted by Gasteiger charge is -2.02. The summed E-state index contributed by atoms with van der Waals surface area (Å²) in [6.45, 7) is 1.58. The smallest absolute Gasteiger partial charge is 0.214 e. The Kier molecular flexibility index (Phi) is 3.87. The van der Waals surface area contributed by atoms with Gasteiger partial charge in [-0.05, 0) is 29.5 Å². The second-order valence-electron chi connectivity index (χ2n) is 3.51. The summed E-state index contributed by atoms with van der Waals surface area (Å²) in [6, 6.07) is 9.68. The Bertz CT molecular complexity index is 497. The third kappa shape index (κ3) is 3.13. The van der Waals surface area contributed by atoms with Crippen molar-refractivity contribution in [3.05, 3.63) is 30.3 Å². The van der Waals surface area contributed by atoms with Crippen LogP contribution in [0.1, 0.15) is 13.3 Å². The summed E-state index contributed by atoms with van der Waals surface area (Å²) < 4.78 is 1.67. The highest BCUT2D eigenvalue weighted by molar-refractivity contribution is 7.99. The first-order chi connectivity index (χ1) is 8.27. The highest BCUT2D eigenvalue weighted by Gasteiger charge is 2.08. The van der Waals surface area contributed by atoms with Crippen molar-refractivity contribution < 1.29 is 4.79 Å². The Labute approximate surface area is 103 Å². The summed E-state index contributed by atoms with van der Waals surface area (Å²) in [6.07, 6.45) is 0.534. The van der Waals surface area contributed by atoms with Crippen LogP contribution >= 0.6 is 11.8 Å². The molecule has 0 atom stereocenters. The van der Waals surface area contributed by atoms with E-state index in [0.717, 1.165) is 5.69 Å². The lowest BCUT2D eigenvalue weighted by atomic mass is 10.3. The average Bonchev–Trinajstić information content (AvgIpc) is 2.78. The lowest BCUT2D eigenvalue weighted by Crippen LogP contribution is -2.00. The van der Waals surface area contributed by atoms with Gasteiger partial charge in [-0.2, -0.15) is 4.68 Å². The van der Waals surface area contributed by atoms with Gasteiger partial charge < -0.3 is 0 Å². The van der Waals surface area contributed by atoms with E-state index >= 15 is 0 Å². The molecule has 2 rings (SSSR count). The van der Waals surface area contributed by atoms with E-state index in [-0.39, 0.29) is 5.78 Å². The molecule has 1 heterocycles. The van der Waals surface area contributed by atoms with Crippen molar-refractivity contribution in [2.24, 2.45) is 0 Å². The van der Waals surface area contributed by atoms with E-state index in [0.29, 0.717) is 17.3 Å². The van der Waals surface area contributed by atoms with Crippen LogP contribution in [0.25, 0.3) is 5.69 Å². The number of ketones is 1. The lowest BCUT2D eigenvalue weighted by molar-refractivity contribution is -0.116. The topological polar surface area (TPSA) is 60.7 Å². The number of benzene rings is 1. The first kappa shape index (κ1) is 11.8. The van der Waals surface area contributed by atoms with Crippen molar-refractivity contribution in [3.63, 3.8) is 0 Å². The summed E-state index contributed by atoms with van der Waals surface area (Å²) in [5, 5.41) is 12.2. The minimum atomic E-state index is 0.177. The molecule has 0 amide bonds. The number of carbonyl (C=O) groups is 1. The molecule has 1 aromatic heterocycles. The van der Waals surface area contributed by atoms with Gasteiger partial charge in [0.25, 0.3) is 0 Å². The molecule has 0 unspecified atom stereocenters. The SMILES string of the molecule is CC(=O)CCSc1nnnn1-c1ccccc1. The van der Waals surface area contributed by atoms with Crippen molar-refractivity contribution in [2.45, 2.75) is 18.5 Å². The molecule has 0 saturated carbocycles. The normalized spacial score (nSPS) is 10.4. The van der Waals surface area contributed by atoms with Gasteiger partial charge in [-0.15, -0.1) is 5.10 Å². The number of carbonyl (C=O) groups excluding carboxylic acids is 1. The molecule has 0 fully saturated rings. The van der Waals surface area contributed by atoms with Gasteiger partial charge in [-0.25, -0.2) is 0 Å². The van der Waals surface area contributed by atoms with Gasteiger partial charge in [0, 0.05) is 12.2 Å². The second-order valence-corrected chi connectivity index (χ2v) is 4.57. The number of hydrogen-bond donors (Lipinski definition) is 0. The molecule has 2 aromatic rings. The fourth-order valence-corrected chi connectivity index (χ4v) is 2.22. The van der Waals surface area contributed by atoms with Crippen molar-refractivity contribution in [1.29, 1.82) is 0 Å². The Hall–Kier alpha value is -1.69. The van der Waals surface area contributed by atoms with Gasteiger partial charge in [-0.1, -0.05) is 30.0 Å². The molecule has 0 aliphatic carbocycles. The fraction of sp³-hybridized carbons (Fsp3) is 0.273. The van der Waals surface area contributed by atoms with Crippen LogP contribution in [0.5, 0.6) is 0 Å². The fourth-order valence-electron chi connectivity index (χ4n) is 1.29. The zero-order valence-electron chi connectivity index (χ0n) is 9.41. The molecular weight excluding hydrogens is 236 g/mol. The van der Waals surface area contributed by atoms with E-state index < -0.39 is 0 Å². The summed E-state index contributed by atoms with van der Waals surface area (Å²) in [4.78, 5) is 10.9. The van der Waals surface area contributed by atoms with Crippen molar-refractivity contribution in [2.75, 3.05) is 5.75 Å². The molecule has 0 aliphatic heterocycles. The standard InChI is InChI=1S/C11H12N4OS/c1-9(16)7-8-17-11-12-13-14-15(11)10-5-3-2-4-6-10/h2-6H,7-8H2,1H3. The maximum atomic E-state index is 10.9. The van der Waals surface area contributed by atoms with Crippen LogP contribution in [0.4, 0.5) is 0 Å². The number of Topliss-reactive ketones (excluding diaryl/α,β-unsaturated/α-hetero) is 1. The van der Waals surface area contributed by atoms with Crippen LogP contribution in [0, 0.1) is 0 Å². The summed E-state index contributed by atoms with van der Waals surface area (Å²) in [5.41, 5.74) is 0.919. The maximum Gasteiger partial charge on any atom is 0.214 e. The highest BCUT2D eigenvalue weighted by atomic mass is 32.2. The molecule has 0 aliphatic rings. The Morgan fingerprint density at radius 1 is 1.35 bits per heavy atom. The third-order valence-electron chi connectivity index (χ3n) is 2.13. The van der Waals surface area contributed by atoms with E-state index in [1.54, 1.807) is 11.6 Å². The predicted molar refractivity (Wildman–Crippen MR) is 65.2 cm³/mol. The summed E-state index contributed by atoms with van der Waals surface area (Å²) >= 11 is 1.48. The number of thioether (sulfide) groups is 1. The Morgan fingerprint density at radius 2 is 2.12 bits per heavy atom. The molecule has 0 radical (unpaired) electrons. The number of para-hydroxylation sites is 1. The average molecular weight is 248 g/mol. The van der Waals surface area contributed by atoms with Gasteiger partial charge in [0.1, 0.15) is 5.78 Å². The van der Waals surface area contributed by atoms with E-state index in [1.165, 1.54) is 11.8 Å². The summed E-state index contributed by atoms with van der Waals surface area (Å²) in [7, 11) is 0. The monoisotopic (exact) mass is 248 g/mol. The largest absolute Gasteiger partial charge is 0.300 e. The van der Waals surface area contributed by atoms with Gasteiger partial charge in [-0.3, -0.25) is 4.79 Å². The molecular formula is C11H12N4OS. The number of nitrogens with zero attached hydrogens (tertiary/aromatic N) is 4. The first-order valence-electron chi connectivity index (χ1n) is 5.23. The van der Waals surface area contributed by atoms with Crippen LogP contribution in [-0.2, 0) is 4.79 Å². The minimum Gasteiger partial charge on any atom is -0.300 e. The molecule has 0 N–H and O–H groups in total. The van der Waals surface area contributed by atoms with Crippen LogP contribution in [0.2, 0.25) is 0 Å². The molecule has 5 nitrogen and oxygen atoms in total. The number of tetrazole rings is 1. The van der Waals surface area contributed by atoms with Crippen LogP contribution in [0.3, 0.4) is 0 Å². The van der Waals surface area contributed by atoms with Crippen molar-refractivity contribution in [3.8, 4) is 5.69 Å². The summed E-state index contributed by atoms with van der Waals surface area (Å²) in [5.74, 6) is 0.874. The van der Waals surface area contributed by atoms with E-state index in [9.17, 15) is 4.79 Å². The quantitative estimate of drug-likeness (QED) is 0.754. The Morgan fingerprint density at radius 3 is 2.82 bits per heavy atom. The molecule has 0 saturated heterocycles. The van der Waals surface area contributed by atoms with E-state index in [2.05, 4.69) is 15.5 Å². The van der Waals surface area contributed by atoms with E-state index in [1.807, 2.05) is 30.3 Å². The molecule has 1 aromatic carbocycles. The van der Waals surface area contributed by atoms with Gasteiger partial charge in [0.05, 0.1) is 5.69 Å². The van der Waals surface area contributed by atoms with Gasteiger partial charge >= 0.3 is 0 Å². The Balaban J connectivity index is 2.10. The number of rotatable bonds is 5. The molecule has 0 spiro atoms. The molecule has 6 heteroatoms. The predicted octanol–water partition coefficient (Wildman–Crippen LogP) is 1.73. The molecule has 0 bridgehead atoms. The number of aromatic nitrogens is 4. The zero-order chi connectivity index (χ0) is 12.1.